The summed E-state index contributed by atoms with van der Waals surface area (Å²) in [6, 6.07) is 11.8. The van der Waals surface area contributed by atoms with E-state index in [1.54, 1.807) is 6.20 Å². The Hall–Kier alpha value is -1.94. The van der Waals surface area contributed by atoms with Gasteiger partial charge in [-0.2, -0.15) is 0 Å². The average molecular weight is 243 g/mol. The lowest BCUT2D eigenvalue weighted by atomic mass is 10.1. The summed E-state index contributed by atoms with van der Waals surface area (Å²) in [6.07, 6.45) is 1.80. The van der Waals surface area contributed by atoms with Gasteiger partial charge in [0.05, 0.1) is 5.69 Å². The number of nitrogens with one attached hydrogen (secondary N) is 1. The van der Waals surface area contributed by atoms with Crippen LogP contribution in [0.2, 0.25) is 0 Å². The van der Waals surface area contributed by atoms with Crippen molar-refractivity contribution in [3.05, 3.63) is 48.2 Å². The Morgan fingerprint density at radius 2 is 1.94 bits per heavy atom. The van der Waals surface area contributed by atoms with E-state index in [-0.39, 0.29) is 5.11 Å². The number of benzene rings is 1. The molecule has 0 amide bonds. The molecule has 0 bridgehead atoms. The minimum Gasteiger partial charge on any atom is -0.376 e. The van der Waals surface area contributed by atoms with Crippen molar-refractivity contribution in [2.75, 3.05) is 5.32 Å². The Kier molecular flexibility index (Phi) is 3.35. The van der Waals surface area contributed by atoms with Crippen molar-refractivity contribution in [3.8, 4) is 11.3 Å². The smallest absolute Gasteiger partial charge is 0.168 e. The quantitative estimate of drug-likeness (QED) is 0.796. The molecule has 4 heteroatoms. The fraction of sp³-hybridized carbons (Fsp3) is 0.0769. The van der Waals surface area contributed by atoms with Crippen molar-refractivity contribution in [2.45, 2.75) is 6.92 Å². The maximum absolute atomic E-state index is 5.41. The number of hydrogen-bond acceptors (Lipinski definition) is 2. The average Bonchev–Trinajstić information content (AvgIpc) is 2.30. The molecule has 0 aliphatic heterocycles. The molecule has 0 radical (unpaired) electrons. The second-order valence-corrected chi connectivity index (χ2v) is 4.18. The molecule has 0 aliphatic rings. The molecule has 0 atom stereocenters. The zero-order valence-electron chi connectivity index (χ0n) is 9.47. The first-order valence-corrected chi connectivity index (χ1v) is 5.66. The normalized spacial score (nSPS) is 9.94. The molecule has 1 aromatic carbocycles. The van der Waals surface area contributed by atoms with Crippen LogP contribution in [-0.2, 0) is 0 Å². The lowest BCUT2D eigenvalue weighted by Crippen LogP contribution is -2.18. The largest absolute Gasteiger partial charge is 0.376 e. The van der Waals surface area contributed by atoms with E-state index < -0.39 is 0 Å². The number of rotatable bonds is 2. The van der Waals surface area contributed by atoms with Gasteiger partial charge in [0.1, 0.15) is 0 Å². The molecule has 2 aromatic rings. The number of nitrogens with two attached hydrogens (primary N) is 1. The van der Waals surface area contributed by atoms with Crippen molar-refractivity contribution in [1.29, 1.82) is 0 Å². The van der Waals surface area contributed by atoms with Gasteiger partial charge < -0.3 is 11.1 Å². The van der Waals surface area contributed by atoms with E-state index in [1.807, 2.05) is 43.3 Å². The zero-order chi connectivity index (χ0) is 12.3. The Bertz CT molecular complexity index is 535. The first-order valence-electron chi connectivity index (χ1n) is 5.25. The van der Waals surface area contributed by atoms with Gasteiger partial charge in [-0.05, 0) is 42.9 Å². The summed E-state index contributed by atoms with van der Waals surface area (Å²) >= 11 is 4.78. The van der Waals surface area contributed by atoms with Gasteiger partial charge in [0.15, 0.2) is 5.11 Å². The minimum atomic E-state index is 0.270. The van der Waals surface area contributed by atoms with Gasteiger partial charge in [-0.25, -0.2) is 0 Å². The van der Waals surface area contributed by atoms with Gasteiger partial charge in [0, 0.05) is 17.4 Å². The number of aromatic nitrogens is 1. The predicted octanol–water partition coefficient (Wildman–Crippen LogP) is 2.71. The molecule has 0 spiro atoms. The van der Waals surface area contributed by atoms with Crippen molar-refractivity contribution >= 4 is 23.0 Å². The molecule has 3 nitrogen and oxygen atoms in total. The van der Waals surface area contributed by atoms with E-state index in [4.69, 9.17) is 18.0 Å². The van der Waals surface area contributed by atoms with Crippen molar-refractivity contribution in [2.24, 2.45) is 5.73 Å². The summed E-state index contributed by atoms with van der Waals surface area (Å²) in [5.74, 6) is 0. The molecule has 2 rings (SSSR count). The van der Waals surface area contributed by atoms with Crippen LogP contribution >= 0.6 is 12.2 Å². The van der Waals surface area contributed by atoms with Crippen LogP contribution < -0.4 is 11.1 Å². The first kappa shape index (κ1) is 11.5. The molecule has 1 heterocycles. The molecule has 1 aromatic heterocycles. The lowest BCUT2D eigenvalue weighted by molar-refractivity contribution is 1.27. The van der Waals surface area contributed by atoms with E-state index in [1.165, 1.54) is 0 Å². The van der Waals surface area contributed by atoms with Gasteiger partial charge in [0.25, 0.3) is 0 Å². The third kappa shape index (κ3) is 2.79. The fourth-order valence-corrected chi connectivity index (χ4v) is 1.76. The fourth-order valence-electron chi connectivity index (χ4n) is 1.64. The molecule has 0 fully saturated rings. The van der Waals surface area contributed by atoms with E-state index in [9.17, 15) is 0 Å². The maximum Gasteiger partial charge on any atom is 0.168 e. The highest BCUT2D eigenvalue weighted by atomic mass is 32.1. The molecule has 3 N–H and O–H groups in total. The summed E-state index contributed by atoms with van der Waals surface area (Å²) in [5, 5.41) is 3.16. The molecule has 86 valence electrons. The summed E-state index contributed by atoms with van der Waals surface area (Å²) in [7, 11) is 0. The minimum absolute atomic E-state index is 0.270. The number of nitrogens with zero attached hydrogens (tertiary/aromatic N) is 1. The second-order valence-electron chi connectivity index (χ2n) is 3.74. The van der Waals surface area contributed by atoms with Crippen LogP contribution in [0.3, 0.4) is 0 Å². The van der Waals surface area contributed by atoms with Crippen LogP contribution in [-0.4, -0.2) is 10.1 Å². The topological polar surface area (TPSA) is 50.9 Å². The van der Waals surface area contributed by atoms with Gasteiger partial charge in [-0.1, -0.05) is 18.2 Å². The molecular formula is C13H13N3S. The van der Waals surface area contributed by atoms with Crippen molar-refractivity contribution in [1.82, 2.24) is 4.98 Å². The Morgan fingerprint density at radius 3 is 2.53 bits per heavy atom. The number of anilines is 1. The molecule has 0 saturated carbocycles. The van der Waals surface area contributed by atoms with Crippen LogP contribution in [0, 0.1) is 6.92 Å². The molecule has 17 heavy (non-hydrogen) atoms. The van der Waals surface area contributed by atoms with Crippen molar-refractivity contribution < 1.29 is 0 Å². The Balaban J connectivity index is 2.30. The molecular weight excluding hydrogens is 230 g/mol. The molecule has 0 unspecified atom stereocenters. The van der Waals surface area contributed by atoms with Gasteiger partial charge >= 0.3 is 0 Å². The van der Waals surface area contributed by atoms with E-state index in [0.717, 1.165) is 22.5 Å². The monoisotopic (exact) mass is 243 g/mol. The second kappa shape index (κ2) is 4.93. The van der Waals surface area contributed by atoms with Crippen LogP contribution in [0.25, 0.3) is 11.3 Å². The summed E-state index contributed by atoms with van der Waals surface area (Å²) < 4.78 is 0. The summed E-state index contributed by atoms with van der Waals surface area (Å²) in [6.45, 7) is 2.05. The Labute approximate surface area is 106 Å². The third-order valence-electron chi connectivity index (χ3n) is 2.44. The van der Waals surface area contributed by atoms with Crippen molar-refractivity contribution in [3.63, 3.8) is 0 Å². The zero-order valence-corrected chi connectivity index (χ0v) is 10.3. The lowest BCUT2D eigenvalue weighted by Gasteiger charge is -2.07. The van der Waals surface area contributed by atoms with Gasteiger partial charge in [-0.3, -0.25) is 4.98 Å². The maximum atomic E-state index is 5.41. The number of hydrogen-bond donors (Lipinski definition) is 2. The Morgan fingerprint density at radius 1 is 1.24 bits per heavy atom. The molecule has 0 aliphatic carbocycles. The van der Waals surface area contributed by atoms with Crippen LogP contribution in [0.15, 0.2) is 42.6 Å². The van der Waals surface area contributed by atoms with Crippen LogP contribution in [0.1, 0.15) is 5.56 Å². The van der Waals surface area contributed by atoms with Crippen LogP contribution in [0.4, 0.5) is 5.69 Å². The van der Waals surface area contributed by atoms with E-state index >= 15 is 0 Å². The predicted molar refractivity (Wildman–Crippen MR) is 74.8 cm³/mol. The highest BCUT2D eigenvalue weighted by molar-refractivity contribution is 7.80. The first-order chi connectivity index (χ1) is 8.16. The molecule has 0 saturated heterocycles. The summed E-state index contributed by atoms with van der Waals surface area (Å²) in [5.41, 5.74) is 9.52. The highest BCUT2D eigenvalue weighted by Crippen LogP contribution is 2.22. The third-order valence-corrected chi connectivity index (χ3v) is 2.54. The standard InChI is InChI=1S/C13H13N3S/c1-9-3-2-8-15-12(9)10-4-6-11(7-5-10)16-13(14)17/h2-8H,1H3,(H3,14,16,17). The summed E-state index contributed by atoms with van der Waals surface area (Å²) in [4.78, 5) is 4.37. The highest BCUT2D eigenvalue weighted by Gasteiger charge is 2.02. The SMILES string of the molecule is Cc1cccnc1-c1ccc(NC(N)=S)cc1. The van der Waals surface area contributed by atoms with E-state index in [2.05, 4.69) is 10.3 Å². The van der Waals surface area contributed by atoms with E-state index in [0.29, 0.717) is 0 Å². The van der Waals surface area contributed by atoms with Gasteiger partial charge in [-0.15, -0.1) is 0 Å². The van der Waals surface area contributed by atoms with Crippen LogP contribution in [0.5, 0.6) is 0 Å². The van der Waals surface area contributed by atoms with Gasteiger partial charge in [0.2, 0.25) is 0 Å². The number of pyridine rings is 1. The number of thiocarbonyl (C=S) groups is 1. The number of aryl methyl sites for hydroxylation is 1.